The van der Waals surface area contributed by atoms with E-state index in [2.05, 4.69) is 15.2 Å². The van der Waals surface area contributed by atoms with Crippen molar-refractivity contribution in [2.24, 2.45) is 0 Å². The summed E-state index contributed by atoms with van der Waals surface area (Å²) in [5, 5.41) is 2.81. The van der Waals surface area contributed by atoms with Crippen LogP contribution in [-0.4, -0.2) is 48.0 Å². The van der Waals surface area contributed by atoms with Crippen molar-refractivity contribution in [3.63, 3.8) is 0 Å². The molecule has 0 radical (unpaired) electrons. The molecule has 3 rings (SSSR count). The highest BCUT2D eigenvalue weighted by molar-refractivity contribution is 7.17. The van der Waals surface area contributed by atoms with Gasteiger partial charge in [-0.3, -0.25) is 4.79 Å². The van der Waals surface area contributed by atoms with Crippen LogP contribution in [0.25, 0.3) is 10.6 Å². The summed E-state index contributed by atoms with van der Waals surface area (Å²) >= 11 is 0.910. The van der Waals surface area contributed by atoms with Gasteiger partial charge in [-0.05, 0) is 56.4 Å². The van der Waals surface area contributed by atoms with Crippen LogP contribution < -0.4 is 5.32 Å². The monoisotopic (exact) mass is 473 g/mol. The fraction of sp³-hybridized carbons (Fsp3) is 0.292. The van der Waals surface area contributed by atoms with E-state index in [1.807, 2.05) is 13.8 Å². The molecule has 3 aromatic rings. The normalized spacial score (nSPS) is 11.0. The summed E-state index contributed by atoms with van der Waals surface area (Å²) in [4.78, 5) is 31.5. The van der Waals surface area contributed by atoms with Gasteiger partial charge in [-0.25, -0.2) is 18.6 Å². The molecule has 0 fully saturated rings. The van der Waals surface area contributed by atoms with Gasteiger partial charge in [0.15, 0.2) is 0 Å². The Morgan fingerprint density at radius 1 is 1.06 bits per heavy atom. The van der Waals surface area contributed by atoms with E-state index in [9.17, 15) is 18.4 Å². The Morgan fingerprint density at radius 2 is 1.70 bits per heavy atom. The van der Waals surface area contributed by atoms with E-state index in [-0.39, 0.29) is 15.4 Å². The molecule has 0 atom stereocenters. The molecule has 0 unspecified atom stereocenters. The third-order valence-corrected chi connectivity index (χ3v) is 6.27. The van der Waals surface area contributed by atoms with Crippen molar-refractivity contribution in [3.8, 4) is 10.6 Å². The van der Waals surface area contributed by atoms with E-state index < -0.39 is 23.5 Å². The molecule has 174 valence electrons. The van der Waals surface area contributed by atoms with Crippen molar-refractivity contribution in [3.05, 3.63) is 70.2 Å². The van der Waals surface area contributed by atoms with E-state index in [0.29, 0.717) is 30.1 Å². The predicted octanol–water partition coefficient (Wildman–Crippen LogP) is 5.15. The number of halogens is 2. The molecule has 0 saturated heterocycles. The van der Waals surface area contributed by atoms with Gasteiger partial charge in [-0.15, -0.1) is 11.3 Å². The van der Waals surface area contributed by atoms with Crippen LogP contribution in [0.15, 0.2) is 42.5 Å². The highest BCUT2D eigenvalue weighted by Crippen LogP contribution is 2.32. The molecule has 0 saturated carbocycles. The number of rotatable bonds is 9. The summed E-state index contributed by atoms with van der Waals surface area (Å²) in [7, 11) is 0. The zero-order valence-corrected chi connectivity index (χ0v) is 19.5. The van der Waals surface area contributed by atoms with Crippen LogP contribution in [0.1, 0.15) is 39.6 Å². The summed E-state index contributed by atoms with van der Waals surface area (Å²) in [5.74, 6) is -2.37. The first-order valence-electron chi connectivity index (χ1n) is 10.6. The third-order valence-electron chi connectivity index (χ3n) is 5.09. The van der Waals surface area contributed by atoms with Gasteiger partial charge in [0.1, 0.15) is 28.1 Å². The summed E-state index contributed by atoms with van der Waals surface area (Å²) in [6, 6.07) is 9.87. The van der Waals surface area contributed by atoms with Gasteiger partial charge in [0, 0.05) is 12.2 Å². The van der Waals surface area contributed by atoms with E-state index in [1.165, 1.54) is 6.07 Å². The highest BCUT2D eigenvalue weighted by atomic mass is 32.1. The van der Waals surface area contributed by atoms with Crippen LogP contribution in [-0.2, 0) is 4.74 Å². The number of carbonyl (C=O) groups is 2. The number of amides is 1. The van der Waals surface area contributed by atoms with Gasteiger partial charge in [-0.2, -0.15) is 0 Å². The average molecular weight is 474 g/mol. The zero-order chi connectivity index (χ0) is 24.0. The Morgan fingerprint density at radius 3 is 2.30 bits per heavy atom. The van der Waals surface area contributed by atoms with Gasteiger partial charge < -0.3 is 15.0 Å². The van der Waals surface area contributed by atoms with Gasteiger partial charge in [0.05, 0.1) is 16.8 Å². The van der Waals surface area contributed by atoms with E-state index >= 15 is 0 Å². The number of carbonyl (C=O) groups excluding carboxylic acids is 2. The lowest BCUT2D eigenvalue weighted by atomic mass is 10.2. The van der Waals surface area contributed by atoms with Crippen LogP contribution in [0.4, 0.5) is 14.5 Å². The topological polar surface area (TPSA) is 71.5 Å². The fourth-order valence-corrected chi connectivity index (χ4v) is 4.19. The van der Waals surface area contributed by atoms with E-state index in [0.717, 1.165) is 36.6 Å². The van der Waals surface area contributed by atoms with Crippen LogP contribution in [0.2, 0.25) is 0 Å². The van der Waals surface area contributed by atoms with Crippen molar-refractivity contribution < 1.29 is 23.1 Å². The maximum absolute atomic E-state index is 14.1. The van der Waals surface area contributed by atoms with Gasteiger partial charge in [0.2, 0.25) is 0 Å². The van der Waals surface area contributed by atoms with Gasteiger partial charge >= 0.3 is 5.97 Å². The maximum Gasteiger partial charge on any atom is 0.338 e. The van der Waals surface area contributed by atoms with Crippen LogP contribution >= 0.6 is 11.3 Å². The molecule has 0 aliphatic heterocycles. The lowest BCUT2D eigenvalue weighted by molar-refractivity contribution is 0.0466. The van der Waals surface area contributed by atoms with Crippen LogP contribution in [0.5, 0.6) is 0 Å². The molecule has 0 bridgehead atoms. The first-order chi connectivity index (χ1) is 15.8. The van der Waals surface area contributed by atoms with Gasteiger partial charge in [-0.1, -0.05) is 19.9 Å². The SMILES string of the molecule is CCN(CC)CCOC(=O)c1ccc(NC(=O)c2sc(-c3c(F)cccc3F)nc2C)cc1. The van der Waals surface area contributed by atoms with Crippen molar-refractivity contribution in [1.29, 1.82) is 0 Å². The fourth-order valence-electron chi connectivity index (χ4n) is 3.18. The maximum atomic E-state index is 14.1. The number of hydrogen-bond donors (Lipinski definition) is 1. The largest absolute Gasteiger partial charge is 0.461 e. The number of hydrogen-bond acceptors (Lipinski definition) is 6. The second kappa shape index (κ2) is 11.1. The number of anilines is 1. The summed E-state index contributed by atoms with van der Waals surface area (Å²) < 4.78 is 33.4. The smallest absolute Gasteiger partial charge is 0.338 e. The number of likely N-dealkylation sites (N-methyl/N-ethyl adjacent to an activating group) is 1. The summed E-state index contributed by atoms with van der Waals surface area (Å²) in [6.45, 7) is 8.44. The Hall–Kier alpha value is -3.17. The second-order valence-corrected chi connectivity index (χ2v) is 8.22. The number of aryl methyl sites for hydroxylation is 1. The number of esters is 1. The molecule has 33 heavy (non-hydrogen) atoms. The molecule has 9 heteroatoms. The number of nitrogens with zero attached hydrogens (tertiary/aromatic N) is 2. The van der Waals surface area contributed by atoms with Crippen molar-refractivity contribution in [1.82, 2.24) is 9.88 Å². The standard InChI is InChI=1S/C24H25F2N3O3S/c1-4-29(5-2)13-14-32-24(31)16-9-11-17(12-10-16)28-22(30)21-15(3)27-23(33-21)20-18(25)7-6-8-19(20)26/h6-12H,4-5,13-14H2,1-3H3,(H,28,30). The first kappa shape index (κ1) is 24.5. The van der Waals surface area contributed by atoms with Crippen molar-refractivity contribution >= 4 is 28.9 Å². The molecular formula is C24H25F2N3O3S. The minimum Gasteiger partial charge on any atom is -0.461 e. The summed E-state index contributed by atoms with van der Waals surface area (Å²) in [6.07, 6.45) is 0. The Labute approximate surface area is 195 Å². The molecular weight excluding hydrogens is 448 g/mol. The molecule has 1 heterocycles. The minimum absolute atomic E-state index is 0.0936. The van der Waals surface area contributed by atoms with Gasteiger partial charge in [0.25, 0.3) is 5.91 Å². The second-order valence-electron chi connectivity index (χ2n) is 7.22. The number of benzene rings is 2. The quantitative estimate of drug-likeness (QED) is 0.436. The van der Waals surface area contributed by atoms with Crippen LogP contribution in [0, 0.1) is 18.6 Å². The lowest BCUT2D eigenvalue weighted by Crippen LogP contribution is -2.27. The molecule has 6 nitrogen and oxygen atoms in total. The number of aromatic nitrogens is 1. The number of ether oxygens (including phenoxy) is 1. The molecule has 2 aromatic carbocycles. The molecule has 0 aliphatic carbocycles. The molecule has 0 spiro atoms. The Bertz CT molecular complexity index is 1110. The van der Waals surface area contributed by atoms with Crippen molar-refractivity contribution in [2.45, 2.75) is 20.8 Å². The first-order valence-corrected chi connectivity index (χ1v) is 11.4. The molecule has 1 N–H and O–H groups in total. The zero-order valence-electron chi connectivity index (χ0n) is 18.7. The van der Waals surface area contributed by atoms with Crippen molar-refractivity contribution in [2.75, 3.05) is 31.6 Å². The van der Waals surface area contributed by atoms with E-state index in [1.54, 1.807) is 31.2 Å². The number of thiazole rings is 1. The third kappa shape index (κ3) is 6.00. The van der Waals surface area contributed by atoms with E-state index in [4.69, 9.17) is 4.74 Å². The summed E-state index contributed by atoms with van der Waals surface area (Å²) in [5.41, 5.74) is 0.946. The molecule has 1 aromatic heterocycles. The molecule has 1 amide bonds. The number of nitrogens with one attached hydrogen (secondary N) is 1. The van der Waals surface area contributed by atoms with Crippen LogP contribution in [0.3, 0.4) is 0 Å². The Balaban J connectivity index is 1.64. The minimum atomic E-state index is -0.740. The Kier molecular flexibility index (Phi) is 8.24. The highest BCUT2D eigenvalue weighted by Gasteiger charge is 2.21. The predicted molar refractivity (Wildman–Crippen MR) is 125 cm³/mol. The molecule has 0 aliphatic rings. The lowest BCUT2D eigenvalue weighted by Gasteiger charge is -2.17. The average Bonchev–Trinajstić information content (AvgIpc) is 3.18.